The molecule has 0 N–H and O–H groups in total. The van der Waals surface area contributed by atoms with Crippen molar-refractivity contribution < 1.29 is 14.3 Å². The number of carbonyl (C=O) groups excluding carboxylic acids is 1. The molecular weight excluding hydrogens is 342 g/mol. The molecule has 1 heterocycles. The Morgan fingerprint density at radius 2 is 2.00 bits per heavy atom. The molecule has 0 saturated carbocycles. The molecule has 0 spiro atoms. The van der Waals surface area contributed by atoms with E-state index < -0.39 is 5.97 Å². The van der Waals surface area contributed by atoms with Gasteiger partial charge in [-0.25, -0.2) is 9.48 Å². The number of benzene rings is 2. The van der Waals surface area contributed by atoms with Crippen LogP contribution in [0.1, 0.15) is 22.4 Å². The third-order valence-electron chi connectivity index (χ3n) is 3.94. The van der Waals surface area contributed by atoms with E-state index in [4.69, 9.17) is 9.47 Å². The molecular formula is C21H21N3O3. The third-order valence-corrected chi connectivity index (χ3v) is 3.94. The Balaban J connectivity index is 1.55. The van der Waals surface area contributed by atoms with Gasteiger partial charge in [-0.2, -0.15) is 0 Å². The number of hydrogen-bond acceptors (Lipinski definition) is 5. The second-order valence-electron chi connectivity index (χ2n) is 6.08. The zero-order valence-electron chi connectivity index (χ0n) is 15.3. The van der Waals surface area contributed by atoms with Gasteiger partial charge >= 0.3 is 5.97 Å². The highest BCUT2D eigenvalue weighted by Gasteiger charge is 2.06. The Kier molecular flexibility index (Phi) is 5.99. The van der Waals surface area contributed by atoms with Crippen molar-refractivity contribution in [1.29, 1.82) is 0 Å². The second-order valence-corrected chi connectivity index (χ2v) is 6.08. The number of aryl methyl sites for hydroxylation is 1. The van der Waals surface area contributed by atoms with Gasteiger partial charge in [-0.3, -0.25) is 0 Å². The van der Waals surface area contributed by atoms with Crippen molar-refractivity contribution in [2.24, 2.45) is 0 Å². The summed E-state index contributed by atoms with van der Waals surface area (Å²) in [5, 5.41) is 8.10. The summed E-state index contributed by atoms with van der Waals surface area (Å²) in [6.07, 6.45) is 4.71. The van der Waals surface area contributed by atoms with Gasteiger partial charge < -0.3 is 9.47 Å². The van der Waals surface area contributed by atoms with E-state index in [0.29, 0.717) is 18.0 Å². The standard InChI is InChI=1S/C21H21N3O3/c1-16-8-10-20(26-2)18(12-16)15-27-21(25)11-9-19-14-24(23-22-19)13-17-6-4-3-5-7-17/h3-12,14H,13,15H2,1-2H3/b11-9+. The number of hydrogen-bond donors (Lipinski definition) is 0. The van der Waals surface area contributed by atoms with Crippen LogP contribution in [0.4, 0.5) is 0 Å². The highest BCUT2D eigenvalue weighted by molar-refractivity contribution is 5.86. The maximum Gasteiger partial charge on any atom is 0.331 e. The lowest BCUT2D eigenvalue weighted by Gasteiger charge is -2.09. The molecule has 138 valence electrons. The molecule has 0 saturated heterocycles. The Hall–Kier alpha value is -3.41. The number of aromatic nitrogens is 3. The predicted molar refractivity (Wildman–Crippen MR) is 102 cm³/mol. The molecule has 0 aliphatic carbocycles. The first-order valence-corrected chi connectivity index (χ1v) is 8.56. The lowest BCUT2D eigenvalue weighted by Crippen LogP contribution is -2.02. The fourth-order valence-electron chi connectivity index (χ4n) is 2.61. The number of esters is 1. The quantitative estimate of drug-likeness (QED) is 0.475. The Labute approximate surface area is 158 Å². The molecule has 27 heavy (non-hydrogen) atoms. The van der Waals surface area contributed by atoms with E-state index >= 15 is 0 Å². The summed E-state index contributed by atoms with van der Waals surface area (Å²) in [4.78, 5) is 12.0. The maximum atomic E-state index is 12.0. The first-order chi connectivity index (χ1) is 13.1. The molecule has 0 aliphatic rings. The number of rotatable bonds is 7. The topological polar surface area (TPSA) is 66.2 Å². The van der Waals surface area contributed by atoms with E-state index in [1.807, 2.05) is 55.5 Å². The molecule has 0 amide bonds. The van der Waals surface area contributed by atoms with E-state index in [1.165, 1.54) is 6.08 Å². The van der Waals surface area contributed by atoms with Crippen LogP contribution in [0.15, 0.2) is 60.8 Å². The summed E-state index contributed by atoms with van der Waals surface area (Å²) in [6.45, 7) is 2.75. The number of methoxy groups -OCH3 is 1. The van der Waals surface area contributed by atoms with Crippen molar-refractivity contribution in [2.75, 3.05) is 7.11 Å². The van der Waals surface area contributed by atoms with E-state index in [1.54, 1.807) is 24.1 Å². The third kappa shape index (κ3) is 5.28. The zero-order valence-corrected chi connectivity index (χ0v) is 15.3. The van der Waals surface area contributed by atoms with E-state index in [0.717, 1.165) is 16.7 Å². The normalized spacial score (nSPS) is 10.9. The van der Waals surface area contributed by atoms with Crippen molar-refractivity contribution in [3.05, 3.63) is 83.2 Å². The Morgan fingerprint density at radius 3 is 2.78 bits per heavy atom. The van der Waals surface area contributed by atoms with E-state index in [9.17, 15) is 4.79 Å². The minimum absolute atomic E-state index is 0.148. The molecule has 0 atom stereocenters. The highest BCUT2D eigenvalue weighted by atomic mass is 16.5. The van der Waals surface area contributed by atoms with Crippen LogP contribution < -0.4 is 4.74 Å². The fourth-order valence-corrected chi connectivity index (χ4v) is 2.61. The summed E-state index contributed by atoms with van der Waals surface area (Å²) < 4.78 is 12.3. The predicted octanol–water partition coefficient (Wildman–Crippen LogP) is 3.40. The Bertz CT molecular complexity index is 933. The van der Waals surface area contributed by atoms with Crippen molar-refractivity contribution in [2.45, 2.75) is 20.1 Å². The summed E-state index contributed by atoms with van der Waals surface area (Å²) in [6, 6.07) is 15.7. The largest absolute Gasteiger partial charge is 0.496 e. The average Bonchev–Trinajstić information content (AvgIpc) is 3.13. The fraction of sp³-hybridized carbons (Fsp3) is 0.190. The van der Waals surface area contributed by atoms with Gasteiger partial charge in [0.15, 0.2) is 0 Å². The molecule has 6 nitrogen and oxygen atoms in total. The van der Waals surface area contributed by atoms with Crippen LogP contribution in [0.2, 0.25) is 0 Å². The van der Waals surface area contributed by atoms with E-state index in [2.05, 4.69) is 10.3 Å². The Morgan fingerprint density at radius 1 is 1.19 bits per heavy atom. The summed E-state index contributed by atoms with van der Waals surface area (Å²) >= 11 is 0. The highest BCUT2D eigenvalue weighted by Crippen LogP contribution is 2.20. The van der Waals surface area contributed by atoms with Crippen LogP contribution in [-0.2, 0) is 22.7 Å². The summed E-state index contributed by atoms with van der Waals surface area (Å²) in [5.74, 6) is 0.248. The molecule has 0 bridgehead atoms. The lowest BCUT2D eigenvalue weighted by molar-refractivity contribution is -0.138. The van der Waals surface area contributed by atoms with Gasteiger partial charge in [-0.05, 0) is 30.7 Å². The molecule has 3 aromatic rings. The van der Waals surface area contributed by atoms with Gasteiger partial charge in [-0.15, -0.1) is 5.10 Å². The summed E-state index contributed by atoms with van der Waals surface area (Å²) in [5.41, 5.74) is 3.63. The monoisotopic (exact) mass is 363 g/mol. The van der Waals surface area contributed by atoms with Gasteiger partial charge in [0.2, 0.25) is 0 Å². The zero-order chi connectivity index (χ0) is 19.1. The molecule has 0 fully saturated rings. The molecule has 0 aliphatic heterocycles. The van der Waals surface area contributed by atoms with E-state index in [-0.39, 0.29) is 6.61 Å². The molecule has 3 rings (SSSR count). The molecule has 1 aromatic heterocycles. The first-order valence-electron chi connectivity index (χ1n) is 8.56. The van der Waals surface area contributed by atoms with Crippen LogP contribution in [0.25, 0.3) is 6.08 Å². The second kappa shape index (κ2) is 8.80. The maximum absolute atomic E-state index is 12.0. The van der Waals surface area contributed by atoms with Gasteiger partial charge in [0.05, 0.1) is 19.9 Å². The molecule has 2 aromatic carbocycles. The number of ether oxygens (including phenoxy) is 2. The van der Waals surface area contributed by atoms with Crippen LogP contribution in [0.5, 0.6) is 5.75 Å². The SMILES string of the molecule is COc1ccc(C)cc1COC(=O)/C=C/c1cn(Cc2ccccc2)nn1. The van der Waals surface area contributed by atoms with Crippen molar-refractivity contribution in [1.82, 2.24) is 15.0 Å². The minimum Gasteiger partial charge on any atom is -0.496 e. The molecule has 0 unspecified atom stereocenters. The summed E-state index contributed by atoms with van der Waals surface area (Å²) in [7, 11) is 1.59. The van der Waals surface area contributed by atoms with Gasteiger partial charge in [0, 0.05) is 11.6 Å². The van der Waals surface area contributed by atoms with Crippen LogP contribution in [-0.4, -0.2) is 28.1 Å². The van der Waals surface area contributed by atoms with Gasteiger partial charge in [0.25, 0.3) is 0 Å². The molecule has 0 radical (unpaired) electrons. The smallest absolute Gasteiger partial charge is 0.331 e. The van der Waals surface area contributed by atoms with Crippen LogP contribution in [0, 0.1) is 6.92 Å². The van der Waals surface area contributed by atoms with Crippen molar-refractivity contribution in [3.8, 4) is 5.75 Å². The number of nitrogens with zero attached hydrogens (tertiary/aromatic N) is 3. The van der Waals surface area contributed by atoms with Crippen LogP contribution in [0.3, 0.4) is 0 Å². The van der Waals surface area contributed by atoms with Crippen LogP contribution >= 0.6 is 0 Å². The van der Waals surface area contributed by atoms with Crippen molar-refractivity contribution >= 4 is 12.0 Å². The lowest BCUT2D eigenvalue weighted by atomic mass is 10.1. The van der Waals surface area contributed by atoms with Gasteiger partial charge in [0.1, 0.15) is 18.1 Å². The molecule has 6 heteroatoms. The first kappa shape index (κ1) is 18.4. The van der Waals surface area contributed by atoms with Gasteiger partial charge in [-0.1, -0.05) is 47.2 Å². The minimum atomic E-state index is -0.448. The number of carbonyl (C=O) groups is 1. The van der Waals surface area contributed by atoms with Crippen molar-refractivity contribution in [3.63, 3.8) is 0 Å². The average molecular weight is 363 g/mol.